The third kappa shape index (κ3) is 3.50. The van der Waals surface area contributed by atoms with Gasteiger partial charge in [0.05, 0.1) is 16.7 Å². The molecule has 118 valence electrons. The van der Waals surface area contributed by atoms with Gasteiger partial charge in [0.25, 0.3) is 5.56 Å². The monoisotopic (exact) mass is 338 g/mol. The lowest BCUT2D eigenvalue weighted by atomic mass is 10.2. The summed E-state index contributed by atoms with van der Waals surface area (Å²) in [5.41, 5.74) is 0.190. The van der Waals surface area contributed by atoms with Crippen LogP contribution in [-0.2, 0) is 0 Å². The van der Waals surface area contributed by atoms with Crippen LogP contribution >= 0.6 is 11.8 Å². The fraction of sp³-hybridized carbons (Fsp3) is 0.143. The van der Waals surface area contributed by atoms with E-state index in [0.717, 1.165) is 0 Å². The SMILES string of the molecule is O=c1c2ccccc2ncn1-c1ccnc(SCC(F)(F)F)n1. The minimum Gasteiger partial charge on any atom is -0.268 e. The van der Waals surface area contributed by atoms with Crippen molar-refractivity contribution in [3.63, 3.8) is 0 Å². The summed E-state index contributed by atoms with van der Waals surface area (Å²) in [6.45, 7) is 0. The molecule has 0 saturated heterocycles. The van der Waals surface area contributed by atoms with E-state index in [1.165, 1.54) is 23.2 Å². The Hall–Kier alpha value is -2.42. The molecule has 0 saturated carbocycles. The second-order valence-electron chi connectivity index (χ2n) is 4.54. The van der Waals surface area contributed by atoms with Crippen molar-refractivity contribution in [3.05, 3.63) is 53.2 Å². The van der Waals surface area contributed by atoms with Crippen LogP contribution in [0.15, 0.2) is 52.8 Å². The highest BCUT2D eigenvalue weighted by atomic mass is 32.2. The Balaban J connectivity index is 1.99. The van der Waals surface area contributed by atoms with E-state index in [-0.39, 0.29) is 16.5 Å². The summed E-state index contributed by atoms with van der Waals surface area (Å²) < 4.78 is 38.0. The molecule has 23 heavy (non-hydrogen) atoms. The molecule has 2 aromatic heterocycles. The normalized spacial score (nSPS) is 11.8. The molecular weight excluding hydrogens is 329 g/mol. The summed E-state index contributed by atoms with van der Waals surface area (Å²) in [6.07, 6.45) is -1.71. The van der Waals surface area contributed by atoms with E-state index in [2.05, 4.69) is 15.0 Å². The van der Waals surface area contributed by atoms with E-state index in [9.17, 15) is 18.0 Å². The van der Waals surface area contributed by atoms with Gasteiger partial charge in [-0.05, 0) is 18.2 Å². The van der Waals surface area contributed by atoms with Gasteiger partial charge in [0.2, 0.25) is 0 Å². The molecule has 3 rings (SSSR count). The van der Waals surface area contributed by atoms with Crippen molar-refractivity contribution in [2.24, 2.45) is 0 Å². The summed E-state index contributed by atoms with van der Waals surface area (Å²) in [5, 5.41) is 0.345. The number of hydrogen-bond donors (Lipinski definition) is 0. The van der Waals surface area contributed by atoms with Gasteiger partial charge >= 0.3 is 6.18 Å². The molecular formula is C14H9F3N4OS. The van der Waals surface area contributed by atoms with Gasteiger partial charge in [-0.3, -0.25) is 9.36 Å². The zero-order valence-electron chi connectivity index (χ0n) is 11.5. The first-order valence-corrected chi connectivity index (χ1v) is 7.42. The second kappa shape index (κ2) is 5.99. The van der Waals surface area contributed by atoms with E-state index in [4.69, 9.17) is 0 Å². The van der Waals surface area contributed by atoms with Gasteiger partial charge < -0.3 is 0 Å². The maximum Gasteiger partial charge on any atom is 0.398 e. The molecule has 3 aromatic rings. The molecule has 5 nitrogen and oxygen atoms in total. The van der Waals surface area contributed by atoms with Crippen molar-refractivity contribution < 1.29 is 13.2 Å². The number of aromatic nitrogens is 4. The molecule has 0 atom stereocenters. The third-order valence-electron chi connectivity index (χ3n) is 2.90. The average Bonchev–Trinajstić information content (AvgIpc) is 2.53. The van der Waals surface area contributed by atoms with Crippen LogP contribution in [0, 0.1) is 0 Å². The highest BCUT2D eigenvalue weighted by molar-refractivity contribution is 7.99. The lowest BCUT2D eigenvalue weighted by Crippen LogP contribution is -2.20. The number of fused-ring (bicyclic) bond motifs is 1. The summed E-state index contributed by atoms with van der Waals surface area (Å²) in [6, 6.07) is 8.23. The van der Waals surface area contributed by atoms with Gasteiger partial charge in [0.15, 0.2) is 5.16 Å². The molecule has 0 aliphatic rings. The molecule has 0 fully saturated rings. The average molecular weight is 338 g/mol. The Labute approximate surface area is 132 Å². The highest BCUT2D eigenvalue weighted by Gasteiger charge is 2.28. The highest BCUT2D eigenvalue weighted by Crippen LogP contribution is 2.25. The molecule has 0 bridgehead atoms. The Morgan fingerprint density at radius 2 is 1.91 bits per heavy atom. The molecule has 0 aliphatic carbocycles. The van der Waals surface area contributed by atoms with E-state index in [0.29, 0.717) is 22.7 Å². The van der Waals surface area contributed by atoms with Gasteiger partial charge in [-0.25, -0.2) is 15.0 Å². The van der Waals surface area contributed by atoms with Gasteiger partial charge in [-0.15, -0.1) is 0 Å². The number of halogens is 3. The van der Waals surface area contributed by atoms with E-state index >= 15 is 0 Å². The predicted molar refractivity (Wildman–Crippen MR) is 79.7 cm³/mol. The number of thioether (sulfide) groups is 1. The second-order valence-corrected chi connectivity index (χ2v) is 5.48. The first-order chi connectivity index (χ1) is 10.9. The molecule has 0 aliphatic heterocycles. The summed E-state index contributed by atoms with van der Waals surface area (Å²) in [7, 11) is 0. The fourth-order valence-corrected chi connectivity index (χ4v) is 2.50. The van der Waals surface area contributed by atoms with Gasteiger partial charge in [0, 0.05) is 6.20 Å². The maximum absolute atomic E-state index is 12.4. The number of para-hydroxylation sites is 1. The Morgan fingerprint density at radius 3 is 2.70 bits per heavy atom. The minimum atomic E-state index is -4.31. The first-order valence-electron chi connectivity index (χ1n) is 6.43. The quantitative estimate of drug-likeness (QED) is 0.543. The van der Waals surface area contributed by atoms with E-state index in [1.54, 1.807) is 24.3 Å². The van der Waals surface area contributed by atoms with Gasteiger partial charge in [0.1, 0.15) is 12.1 Å². The molecule has 2 heterocycles. The van der Waals surface area contributed by atoms with Crippen LogP contribution in [0.5, 0.6) is 0 Å². The number of alkyl halides is 3. The van der Waals surface area contributed by atoms with Crippen molar-refractivity contribution in [3.8, 4) is 5.82 Å². The van der Waals surface area contributed by atoms with Crippen LogP contribution in [-0.4, -0.2) is 31.4 Å². The lowest BCUT2D eigenvalue weighted by molar-refractivity contribution is -0.105. The molecule has 0 amide bonds. The third-order valence-corrected chi connectivity index (χ3v) is 3.82. The van der Waals surface area contributed by atoms with Crippen molar-refractivity contribution in [1.82, 2.24) is 19.5 Å². The summed E-state index contributed by atoms with van der Waals surface area (Å²) in [5.74, 6) is -0.922. The van der Waals surface area contributed by atoms with Crippen molar-refractivity contribution >= 4 is 22.7 Å². The van der Waals surface area contributed by atoms with Gasteiger partial charge in [-0.2, -0.15) is 13.2 Å². The van der Waals surface area contributed by atoms with Crippen LogP contribution < -0.4 is 5.56 Å². The zero-order chi connectivity index (χ0) is 16.4. The molecule has 0 unspecified atom stereocenters. The smallest absolute Gasteiger partial charge is 0.268 e. The largest absolute Gasteiger partial charge is 0.398 e. The number of hydrogen-bond acceptors (Lipinski definition) is 5. The standard InChI is InChI=1S/C14H9F3N4OS/c15-14(16,17)7-23-13-18-6-5-11(20-13)21-8-19-10-4-2-1-3-9(10)12(21)22/h1-6,8H,7H2. The number of nitrogens with zero attached hydrogens (tertiary/aromatic N) is 4. The lowest BCUT2D eigenvalue weighted by Gasteiger charge is -2.08. The maximum atomic E-state index is 12.4. The van der Waals surface area contributed by atoms with Crippen molar-refractivity contribution in [1.29, 1.82) is 0 Å². The predicted octanol–water partition coefficient (Wildman–Crippen LogP) is 2.83. The molecule has 0 radical (unpaired) electrons. The molecule has 0 spiro atoms. The zero-order valence-corrected chi connectivity index (χ0v) is 12.3. The molecule has 9 heteroatoms. The van der Waals surface area contributed by atoms with Crippen LogP contribution in [0.3, 0.4) is 0 Å². The topological polar surface area (TPSA) is 60.7 Å². The Bertz CT molecular complexity index is 910. The van der Waals surface area contributed by atoms with Crippen LogP contribution in [0.1, 0.15) is 0 Å². The Kier molecular flexibility index (Phi) is 4.03. The molecule has 0 N–H and O–H groups in total. The molecule has 1 aromatic carbocycles. The summed E-state index contributed by atoms with van der Waals surface area (Å²) >= 11 is 0.463. The summed E-state index contributed by atoms with van der Waals surface area (Å²) in [4.78, 5) is 24.3. The van der Waals surface area contributed by atoms with Crippen molar-refractivity contribution in [2.75, 3.05) is 5.75 Å². The van der Waals surface area contributed by atoms with Gasteiger partial charge in [-0.1, -0.05) is 23.9 Å². The van der Waals surface area contributed by atoms with Crippen LogP contribution in [0.25, 0.3) is 16.7 Å². The van der Waals surface area contributed by atoms with E-state index < -0.39 is 11.9 Å². The van der Waals surface area contributed by atoms with Crippen molar-refractivity contribution in [2.45, 2.75) is 11.3 Å². The van der Waals surface area contributed by atoms with Crippen LogP contribution in [0.4, 0.5) is 13.2 Å². The number of rotatable bonds is 3. The van der Waals surface area contributed by atoms with Crippen LogP contribution in [0.2, 0.25) is 0 Å². The minimum absolute atomic E-state index is 0.0557. The Morgan fingerprint density at radius 1 is 1.13 bits per heavy atom. The number of benzene rings is 1. The van der Waals surface area contributed by atoms with E-state index in [1.807, 2.05) is 0 Å². The first kappa shape index (κ1) is 15.5. The fourth-order valence-electron chi connectivity index (χ4n) is 1.91.